The number of carbonyl (C=O) groups excluding carboxylic acids is 1. The van der Waals surface area contributed by atoms with Gasteiger partial charge >= 0.3 is 0 Å². The zero-order valence-corrected chi connectivity index (χ0v) is 11.3. The molecule has 2 aromatic heterocycles. The second kappa shape index (κ2) is 5.44. The summed E-state index contributed by atoms with van der Waals surface area (Å²) in [5.41, 5.74) is 0. The molecular formula is C13H17N5O2. The number of piperidine rings is 1. The Morgan fingerprint density at radius 2 is 2.25 bits per heavy atom. The number of rotatable bonds is 3. The van der Waals surface area contributed by atoms with Gasteiger partial charge in [-0.3, -0.25) is 9.48 Å². The van der Waals surface area contributed by atoms with Crippen molar-refractivity contribution in [2.24, 2.45) is 0 Å². The quantitative estimate of drug-likeness (QED) is 0.842. The van der Waals surface area contributed by atoms with Crippen LogP contribution in [-0.2, 0) is 4.79 Å². The number of nitrogens with zero attached hydrogens (tertiary/aromatic N) is 5. The molecule has 1 atom stereocenters. The smallest absolute Gasteiger partial charge is 0.247 e. The fraction of sp³-hybridized carbons (Fsp3) is 0.538. The van der Waals surface area contributed by atoms with E-state index in [0.717, 1.165) is 31.8 Å². The zero-order valence-electron chi connectivity index (χ0n) is 11.3. The number of carbonyl (C=O) groups is 1. The molecule has 7 heteroatoms. The van der Waals surface area contributed by atoms with Gasteiger partial charge in [0.1, 0.15) is 6.04 Å². The van der Waals surface area contributed by atoms with Gasteiger partial charge in [-0.1, -0.05) is 5.16 Å². The molecule has 0 aliphatic carbocycles. The fourth-order valence-corrected chi connectivity index (χ4v) is 2.60. The maximum absolute atomic E-state index is 12.4. The van der Waals surface area contributed by atoms with Crippen LogP contribution in [0.25, 0.3) is 0 Å². The van der Waals surface area contributed by atoms with E-state index in [-0.39, 0.29) is 17.9 Å². The molecule has 1 unspecified atom stereocenters. The van der Waals surface area contributed by atoms with Crippen LogP contribution in [0.4, 0.5) is 0 Å². The second-order valence-corrected chi connectivity index (χ2v) is 5.05. The first-order valence-electron chi connectivity index (χ1n) is 6.80. The van der Waals surface area contributed by atoms with Gasteiger partial charge in [0.05, 0.1) is 0 Å². The standard InChI is InChI=1S/C13H17N5O2/c1-10(18-6-2-5-15-18)13(19)17-7-3-11(4-8-17)12-14-9-20-16-12/h2,5-6,9-11H,3-4,7-8H2,1H3. The summed E-state index contributed by atoms with van der Waals surface area (Å²) >= 11 is 0. The summed E-state index contributed by atoms with van der Waals surface area (Å²) in [6.07, 6.45) is 6.60. The Labute approximate surface area is 116 Å². The minimum absolute atomic E-state index is 0.111. The summed E-state index contributed by atoms with van der Waals surface area (Å²) in [5.74, 6) is 1.15. The highest BCUT2D eigenvalue weighted by molar-refractivity contribution is 5.80. The number of likely N-dealkylation sites (tertiary alicyclic amines) is 1. The first-order chi connectivity index (χ1) is 9.75. The van der Waals surface area contributed by atoms with Gasteiger partial charge in [-0.05, 0) is 25.8 Å². The summed E-state index contributed by atoms with van der Waals surface area (Å²) in [6.45, 7) is 3.33. The number of amides is 1. The van der Waals surface area contributed by atoms with Crippen LogP contribution >= 0.6 is 0 Å². The molecule has 0 bridgehead atoms. The molecule has 1 aliphatic rings. The monoisotopic (exact) mass is 275 g/mol. The summed E-state index contributed by atoms with van der Waals surface area (Å²) in [4.78, 5) is 18.4. The molecule has 106 valence electrons. The van der Waals surface area contributed by atoms with E-state index < -0.39 is 0 Å². The molecule has 0 spiro atoms. The number of aromatic nitrogens is 4. The van der Waals surface area contributed by atoms with Crippen molar-refractivity contribution in [1.29, 1.82) is 0 Å². The largest absolute Gasteiger partial charge is 0.343 e. The van der Waals surface area contributed by atoms with E-state index in [2.05, 4.69) is 15.2 Å². The van der Waals surface area contributed by atoms with Crippen LogP contribution in [0, 0.1) is 0 Å². The number of hydrogen-bond donors (Lipinski definition) is 0. The molecule has 1 aliphatic heterocycles. The molecule has 0 N–H and O–H groups in total. The number of hydrogen-bond acceptors (Lipinski definition) is 5. The van der Waals surface area contributed by atoms with Crippen molar-refractivity contribution in [1.82, 2.24) is 24.8 Å². The molecular weight excluding hydrogens is 258 g/mol. The molecule has 1 amide bonds. The van der Waals surface area contributed by atoms with E-state index in [1.54, 1.807) is 10.9 Å². The van der Waals surface area contributed by atoms with Crippen LogP contribution in [0.2, 0.25) is 0 Å². The molecule has 0 radical (unpaired) electrons. The van der Waals surface area contributed by atoms with Gasteiger partial charge in [0.2, 0.25) is 12.3 Å². The Bertz CT molecular complexity index is 543. The van der Waals surface area contributed by atoms with Crippen molar-refractivity contribution in [3.05, 3.63) is 30.7 Å². The zero-order chi connectivity index (χ0) is 13.9. The Kier molecular flexibility index (Phi) is 3.49. The van der Waals surface area contributed by atoms with E-state index in [0.29, 0.717) is 0 Å². The lowest BCUT2D eigenvalue weighted by Gasteiger charge is -2.32. The third-order valence-corrected chi connectivity index (χ3v) is 3.83. The third-order valence-electron chi connectivity index (χ3n) is 3.83. The van der Waals surface area contributed by atoms with Crippen LogP contribution in [0.5, 0.6) is 0 Å². The van der Waals surface area contributed by atoms with E-state index in [1.165, 1.54) is 6.39 Å². The molecule has 20 heavy (non-hydrogen) atoms. The minimum atomic E-state index is -0.258. The highest BCUT2D eigenvalue weighted by Gasteiger charge is 2.29. The Balaban J connectivity index is 1.59. The van der Waals surface area contributed by atoms with Crippen molar-refractivity contribution in [3.63, 3.8) is 0 Å². The van der Waals surface area contributed by atoms with Crippen LogP contribution < -0.4 is 0 Å². The first-order valence-corrected chi connectivity index (χ1v) is 6.80. The maximum atomic E-state index is 12.4. The minimum Gasteiger partial charge on any atom is -0.343 e. The average molecular weight is 275 g/mol. The topological polar surface area (TPSA) is 77.0 Å². The van der Waals surface area contributed by atoms with Crippen molar-refractivity contribution < 1.29 is 9.32 Å². The van der Waals surface area contributed by atoms with Crippen LogP contribution in [0.1, 0.15) is 37.5 Å². The predicted molar refractivity (Wildman–Crippen MR) is 69.8 cm³/mol. The molecule has 1 saturated heterocycles. The molecule has 2 aromatic rings. The third kappa shape index (κ3) is 2.43. The summed E-state index contributed by atoms with van der Waals surface area (Å²) in [6, 6.07) is 1.57. The van der Waals surface area contributed by atoms with Crippen molar-refractivity contribution in [2.75, 3.05) is 13.1 Å². The van der Waals surface area contributed by atoms with Crippen LogP contribution in [0.3, 0.4) is 0 Å². The molecule has 7 nitrogen and oxygen atoms in total. The second-order valence-electron chi connectivity index (χ2n) is 5.05. The van der Waals surface area contributed by atoms with Gasteiger partial charge in [0.25, 0.3) is 0 Å². The average Bonchev–Trinajstić information content (AvgIpc) is 3.18. The van der Waals surface area contributed by atoms with E-state index >= 15 is 0 Å². The lowest BCUT2D eigenvalue weighted by atomic mass is 9.96. The van der Waals surface area contributed by atoms with Gasteiger partial charge in [-0.25, -0.2) is 0 Å². The fourth-order valence-electron chi connectivity index (χ4n) is 2.60. The van der Waals surface area contributed by atoms with Gasteiger partial charge < -0.3 is 9.42 Å². The van der Waals surface area contributed by atoms with Crippen molar-refractivity contribution >= 4 is 5.91 Å². The Hall–Kier alpha value is -2.18. The summed E-state index contributed by atoms with van der Waals surface area (Å²) < 4.78 is 6.46. The van der Waals surface area contributed by atoms with Gasteiger partial charge in [-0.2, -0.15) is 10.1 Å². The lowest BCUT2D eigenvalue weighted by Crippen LogP contribution is -2.41. The van der Waals surface area contributed by atoms with Gasteiger partial charge in [0.15, 0.2) is 5.82 Å². The molecule has 0 saturated carbocycles. The summed E-state index contributed by atoms with van der Waals surface area (Å²) in [7, 11) is 0. The lowest BCUT2D eigenvalue weighted by molar-refractivity contribution is -0.135. The van der Waals surface area contributed by atoms with E-state index in [9.17, 15) is 4.79 Å². The van der Waals surface area contributed by atoms with Crippen LogP contribution in [-0.4, -0.2) is 43.8 Å². The Morgan fingerprint density at radius 3 is 2.85 bits per heavy atom. The Morgan fingerprint density at radius 1 is 1.45 bits per heavy atom. The SMILES string of the molecule is CC(C(=O)N1CCC(c2ncon2)CC1)n1cccn1. The maximum Gasteiger partial charge on any atom is 0.247 e. The summed E-state index contributed by atoms with van der Waals surface area (Å²) in [5, 5.41) is 8.01. The molecule has 3 heterocycles. The van der Waals surface area contributed by atoms with Gasteiger partial charge in [0, 0.05) is 31.4 Å². The predicted octanol–water partition coefficient (Wildman–Crippen LogP) is 1.23. The molecule has 1 fully saturated rings. The highest BCUT2D eigenvalue weighted by Crippen LogP contribution is 2.26. The molecule has 0 aromatic carbocycles. The van der Waals surface area contributed by atoms with E-state index in [4.69, 9.17) is 4.52 Å². The molecule has 3 rings (SSSR count). The first kappa shape index (κ1) is 12.8. The van der Waals surface area contributed by atoms with Gasteiger partial charge in [-0.15, -0.1) is 0 Å². The van der Waals surface area contributed by atoms with Crippen LogP contribution in [0.15, 0.2) is 29.4 Å². The van der Waals surface area contributed by atoms with Crippen molar-refractivity contribution in [3.8, 4) is 0 Å². The normalized spacial score (nSPS) is 18.1. The van der Waals surface area contributed by atoms with Crippen molar-refractivity contribution in [2.45, 2.75) is 31.7 Å². The van der Waals surface area contributed by atoms with E-state index in [1.807, 2.05) is 24.1 Å². The highest BCUT2D eigenvalue weighted by atomic mass is 16.5.